The number of carbonyl (C=O) groups excluding carboxylic acids is 1. The Balaban J connectivity index is 1.52. The maximum absolute atomic E-state index is 12.5. The Morgan fingerprint density at radius 3 is 2.88 bits per heavy atom. The molecule has 3 N–H and O–H groups in total. The normalized spacial score (nSPS) is 24.0. The van der Waals surface area contributed by atoms with Crippen molar-refractivity contribution in [2.24, 2.45) is 5.92 Å². The van der Waals surface area contributed by atoms with E-state index in [0.717, 1.165) is 12.8 Å². The van der Waals surface area contributed by atoms with Crippen molar-refractivity contribution in [2.75, 3.05) is 6.61 Å². The summed E-state index contributed by atoms with van der Waals surface area (Å²) >= 11 is 4.98. The molecule has 24 heavy (non-hydrogen) atoms. The van der Waals surface area contributed by atoms with E-state index in [1.165, 1.54) is 12.8 Å². The predicted octanol–water partition coefficient (Wildman–Crippen LogP) is 2.27. The molecule has 2 aromatic rings. The lowest BCUT2D eigenvalue weighted by molar-refractivity contribution is -0.0102. The minimum absolute atomic E-state index is 0.127. The summed E-state index contributed by atoms with van der Waals surface area (Å²) in [4.78, 5) is 29.8. The zero-order chi connectivity index (χ0) is 16.7. The van der Waals surface area contributed by atoms with Crippen molar-refractivity contribution >= 4 is 29.0 Å². The minimum Gasteiger partial charge on any atom is -0.378 e. The van der Waals surface area contributed by atoms with Gasteiger partial charge in [-0.1, -0.05) is 0 Å². The molecule has 2 atom stereocenters. The van der Waals surface area contributed by atoms with E-state index >= 15 is 0 Å². The second kappa shape index (κ2) is 6.14. The van der Waals surface area contributed by atoms with Gasteiger partial charge < -0.3 is 15.0 Å². The van der Waals surface area contributed by atoms with Crippen LogP contribution in [0.5, 0.6) is 0 Å². The van der Waals surface area contributed by atoms with E-state index in [9.17, 15) is 9.59 Å². The minimum atomic E-state index is -0.252. The molecule has 2 aliphatic rings. The second-order valence-corrected chi connectivity index (χ2v) is 7.02. The first-order chi connectivity index (χ1) is 11.6. The third-order valence-electron chi connectivity index (χ3n) is 4.80. The lowest BCUT2D eigenvalue weighted by Crippen LogP contribution is -2.42. The van der Waals surface area contributed by atoms with Gasteiger partial charge in [0.15, 0.2) is 4.77 Å². The van der Waals surface area contributed by atoms with Gasteiger partial charge in [-0.3, -0.25) is 14.6 Å². The Kier molecular flexibility index (Phi) is 3.97. The number of rotatable bonds is 3. The SMILES string of the molecule is O=C(NC1CCOC(C2CC2)C1)c1ccc2c(=O)[nH]c(=S)[nH]c2c1. The average molecular weight is 345 g/mol. The van der Waals surface area contributed by atoms with Crippen LogP contribution in [0.4, 0.5) is 0 Å². The van der Waals surface area contributed by atoms with E-state index in [1.807, 2.05) is 0 Å². The number of nitrogens with one attached hydrogen (secondary N) is 3. The van der Waals surface area contributed by atoms with E-state index in [1.54, 1.807) is 18.2 Å². The third kappa shape index (κ3) is 3.14. The standard InChI is InChI=1S/C17H19N3O3S/c21-15(18-11-5-6-23-14(8-11)9-1-2-9)10-3-4-12-13(7-10)19-17(24)20-16(12)22/h3-4,7,9,11,14H,1-2,5-6,8H2,(H,18,21)(H2,19,20,22,24). The third-order valence-corrected chi connectivity index (χ3v) is 5.00. The van der Waals surface area contributed by atoms with Crippen LogP contribution < -0.4 is 10.9 Å². The van der Waals surface area contributed by atoms with Crippen molar-refractivity contribution in [3.63, 3.8) is 0 Å². The molecule has 126 valence electrons. The molecule has 1 aliphatic heterocycles. The van der Waals surface area contributed by atoms with Crippen LogP contribution in [0.25, 0.3) is 10.9 Å². The van der Waals surface area contributed by atoms with E-state index < -0.39 is 0 Å². The lowest BCUT2D eigenvalue weighted by atomic mass is 9.99. The topological polar surface area (TPSA) is 87.0 Å². The van der Waals surface area contributed by atoms with Gasteiger partial charge in [0.25, 0.3) is 11.5 Å². The monoisotopic (exact) mass is 345 g/mol. The van der Waals surface area contributed by atoms with Gasteiger partial charge in [-0.2, -0.15) is 0 Å². The summed E-state index contributed by atoms with van der Waals surface area (Å²) in [6, 6.07) is 5.13. The highest BCUT2D eigenvalue weighted by atomic mass is 32.1. The van der Waals surface area contributed by atoms with Crippen molar-refractivity contribution in [3.05, 3.63) is 38.9 Å². The second-order valence-electron chi connectivity index (χ2n) is 6.61. The molecular formula is C17H19N3O3S. The summed E-state index contributed by atoms with van der Waals surface area (Å²) in [5.41, 5.74) is 0.838. The number of amides is 1. The van der Waals surface area contributed by atoms with Crippen LogP contribution in [0.1, 0.15) is 36.0 Å². The fourth-order valence-corrected chi connectivity index (χ4v) is 3.54. The van der Waals surface area contributed by atoms with Crippen LogP contribution in [0.2, 0.25) is 0 Å². The number of aromatic nitrogens is 2. The van der Waals surface area contributed by atoms with Gasteiger partial charge in [0.2, 0.25) is 0 Å². The first-order valence-corrected chi connectivity index (χ1v) is 8.70. The number of carbonyl (C=O) groups is 1. The molecule has 1 saturated carbocycles. The largest absolute Gasteiger partial charge is 0.378 e. The first kappa shape index (κ1) is 15.5. The van der Waals surface area contributed by atoms with Gasteiger partial charge in [0.1, 0.15) is 0 Å². The summed E-state index contributed by atoms with van der Waals surface area (Å²) in [7, 11) is 0. The molecule has 0 spiro atoms. The van der Waals surface area contributed by atoms with Crippen LogP contribution in [0.3, 0.4) is 0 Å². The van der Waals surface area contributed by atoms with Crippen LogP contribution >= 0.6 is 12.2 Å². The smallest absolute Gasteiger partial charge is 0.259 e. The van der Waals surface area contributed by atoms with Gasteiger partial charge in [0.05, 0.1) is 17.0 Å². The summed E-state index contributed by atoms with van der Waals surface area (Å²) in [6.45, 7) is 0.701. The van der Waals surface area contributed by atoms with Gasteiger partial charge in [-0.05, 0) is 62.0 Å². The molecule has 1 saturated heterocycles. The van der Waals surface area contributed by atoms with Crippen molar-refractivity contribution < 1.29 is 9.53 Å². The van der Waals surface area contributed by atoms with E-state index in [4.69, 9.17) is 17.0 Å². The van der Waals surface area contributed by atoms with Crippen molar-refractivity contribution in [1.82, 2.24) is 15.3 Å². The number of hydrogen-bond acceptors (Lipinski definition) is 4. The summed E-state index contributed by atoms with van der Waals surface area (Å²) in [5, 5.41) is 3.58. The van der Waals surface area contributed by atoms with Crippen LogP contribution in [0.15, 0.2) is 23.0 Å². The highest BCUT2D eigenvalue weighted by Gasteiger charge is 2.36. The summed E-state index contributed by atoms with van der Waals surface area (Å²) in [6.07, 6.45) is 4.49. The van der Waals surface area contributed by atoms with Gasteiger partial charge in [-0.15, -0.1) is 0 Å². The summed E-state index contributed by atoms with van der Waals surface area (Å²) < 4.78 is 6.05. The zero-order valence-corrected chi connectivity index (χ0v) is 13.9. The zero-order valence-electron chi connectivity index (χ0n) is 13.1. The molecule has 6 nitrogen and oxygen atoms in total. The highest BCUT2D eigenvalue weighted by molar-refractivity contribution is 7.71. The van der Waals surface area contributed by atoms with Gasteiger partial charge in [0, 0.05) is 18.2 Å². The van der Waals surface area contributed by atoms with E-state index in [-0.39, 0.29) is 28.4 Å². The van der Waals surface area contributed by atoms with Crippen LogP contribution in [0, 0.1) is 10.7 Å². The first-order valence-electron chi connectivity index (χ1n) is 8.29. The number of benzene rings is 1. The molecule has 7 heteroatoms. The average Bonchev–Trinajstić information content (AvgIpc) is 3.39. The van der Waals surface area contributed by atoms with Crippen molar-refractivity contribution in [3.8, 4) is 0 Å². The Labute approximate surface area is 143 Å². The maximum atomic E-state index is 12.5. The number of ether oxygens (including phenoxy) is 1. The molecule has 1 aliphatic carbocycles. The van der Waals surface area contributed by atoms with Crippen molar-refractivity contribution in [1.29, 1.82) is 0 Å². The molecule has 4 rings (SSSR count). The summed E-state index contributed by atoms with van der Waals surface area (Å²) in [5.74, 6) is 0.551. The van der Waals surface area contributed by atoms with Gasteiger partial charge in [-0.25, -0.2) is 0 Å². The highest BCUT2D eigenvalue weighted by Crippen LogP contribution is 2.38. The molecule has 1 aromatic heterocycles. The number of H-pyrrole nitrogens is 2. The maximum Gasteiger partial charge on any atom is 0.259 e. The molecule has 1 aromatic carbocycles. The van der Waals surface area contributed by atoms with E-state index in [0.29, 0.717) is 29.0 Å². The molecule has 2 heterocycles. The van der Waals surface area contributed by atoms with Crippen LogP contribution in [-0.2, 0) is 4.74 Å². The Bertz CT molecular complexity index is 900. The Hall–Kier alpha value is -1.99. The fourth-order valence-electron chi connectivity index (χ4n) is 3.34. The number of aromatic amines is 2. The molecule has 0 radical (unpaired) electrons. The molecule has 1 amide bonds. The van der Waals surface area contributed by atoms with Gasteiger partial charge >= 0.3 is 0 Å². The molecular weight excluding hydrogens is 326 g/mol. The molecule has 0 bridgehead atoms. The molecule has 2 fully saturated rings. The fraction of sp³-hybridized carbons (Fsp3) is 0.471. The Morgan fingerprint density at radius 1 is 1.25 bits per heavy atom. The lowest BCUT2D eigenvalue weighted by Gasteiger charge is -2.30. The molecule has 2 unspecified atom stereocenters. The predicted molar refractivity (Wildman–Crippen MR) is 92.7 cm³/mol. The number of hydrogen-bond donors (Lipinski definition) is 3. The van der Waals surface area contributed by atoms with Crippen molar-refractivity contribution in [2.45, 2.75) is 37.8 Å². The van der Waals surface area contributed by atoms with E-state index in [2.05, 4.69) is 15.3 Å². The number of fused-ring (bicyclic) bond motifs is 1. The van der Waals surface area contributed by atoms with Crippen LogP contribution in [-0.4, -0.2) is 34.6 Å². The quantitative estimate of drug-likeness (QED) is 0.745. The Morgan fingerprint density at radius 2 is 2.08 bits per heavy atom.